The summed E-state index contributed by atoms with van der Waals surface area (Å²) in [7, 11) is 4.07. The molecule has 1 rings (SSSR count). The predicted octanol–water partition coefficient (Wildman–Crippen LogP) is -1.94. The van der Waals surface area contributed by atoms with E-state index in [0.717, 1.165) is 6.54 Å². The van der Waals surface area contributed by atoms with Crippen molar-refractivity contribution in [3.05, 3.63) is 34.9 Å². The number of halogens is 2. The molecule has 0 heterocycles. The third-order valence-corrected chi connectivity index (χ3v) is 2.23. The first-order valence-corrected chi connectivity index (χ1v) is 5.05. The SMILES string of the molecule is C[NH+](C)CCC(=O)c1cccc(Cl)c1.[Cl-]. The summed E-state index contributed by atoms with van der Waals surface area (Å²) >= 11 is 5.79. The minimum atomic E-state index is 0. The highest BCUT2D eigenvalue weighted by Crippen LogP contribution is 2.11. The zero-order chi connectivity index (χ0) is 10.6. The number of nitrogens with one attached hydrogen (secondary N) is 1. The van der Waals surface area contributed by atoms with Crippen molar-refractivity contribution in [2.45, 2.75) is 6.42 Å². The summed E-state index contributed by atoms with van der Waals surface area (Å²) < 4.78 is 0. The molecule has 0 aliphatic rings. The van der Waals surface area contributed by atoms with Crippen molar-refractivity contribution >= 4 is 17.4 Å². The van der Waals surface area contributed by atoms with E-state index in [1.54, 1.807) is 24.3 Å². The lowest BCUT2D eigenvalue weighted by Gasteiger charge is -2.06. The van der Waals surface area contributed by atoms with Gasteiger partial charge < -0.3 is 17.3 Å². The summed E-state index contributed by atoms with van der Waals surface area (Å²) in [5.41, 5.74) is 0.707. The van der Waals surface area contributed by atoms with E-state index in [0.29, 0.717) is 17.0 Å². The standard InChI is InChI=1S/C11H14ClNO.ClH/c1-13(2)7-6-11(14)9-4-3-5-10(12)8-9;/h3-5,8H,6-7H2,1-2H3;1H. The number of hydrogen-bond acceptors (Lipinski definition) is 1. The van der Waals surface area contributed by atoms with E-state index < -0.39 is 0 Å². The lowest BCUT2D eigenvalue weighted by molar-refractivity contribution is -0.857. The predicted molar refractivity (Wildman–Crippen MR) is 58.1 cm³/mol. The second-order valence-electron chi connectivity index (χ2n) is 3.64. The highest BCUT2D eigenvalue weighted by molar-refractivity contribution is 6.31. The van der Waals surface area contributed by atoms with Gasteiger partial charge in [0.2, 0.25) is 0 Å². The molecule has 0 fully saturated rings. The summed E-state index contributed by atoms with van der Waals surface area (Å²) in [4.78, 5) is 12.9. The lowest BCUT2D eigenvalue weighted by atomic mass is 10.1. The molecule has 0 bridgehead atoms. The summed E-state index contributed by atoms with van der Waals surface area (Å²) in [6, 6.07) is 7.10. The van der Waals surface area contributed by atoms with Crippen LogP contribution in [0.25, 0.3) is 0 Å². The average molecular weight is 248 g/mol. The van der Waals surface area contributed by atoms with Crippen LogP contribution in [0.5, 0.6) is 0 Å². The van der Waals surface area contributed by atoms with Crippen LogP contribution in [0.4, 0.5) is 0 Å². The molecule has 2 nitrogen and oxygen atoms in total. The van der Waals surface area contributed by atoms with Crippen molar-refractivity contribution in [1.82, 2.24) is 0 Å². The Kier molecular flexibility index (Phi) is 6.57. The fourth-order valence-electron chi connectivity index (χ4n) is 1.17. The molecule has 0 spiro atoms. The summed E-state index contributed by atoms with van der Waals surface area (Å²) in [5, 5.41) is 0.619. The molecule has 0 unspecified atom stereocenters. The Morgan fingerprint density at radius 3 is 2.60 bits per heavy atom. The molecule has 4 heteroatoms. The number of quaternary nitrogens is 1. The Bertz CT molecular complexity index is 326. The number of carbonyl (C=O) groups is 1. The largest absolute Gasteiger partial charge is 1.00 e. The third kappa shape index (κ3) is 5.17. The molecule has 0 saturated heterocycles. The zero-order valence-electron chi connectivity index (χ0n) is 8.89. The molecule has 1 N–H and O–H groups in total. The maximum Gasteiger partial charge on any atom is 0.168 e. The van der Waals surface area contributed by atoms with Gasteiger partial charge in [-0.1, -0.05) is 23.7 Å². The molecule has 1 aromatic rings. The van der Waals surface area contributed by atoms with Gasteiger partial charge in [-0.15, -0.1) is 0 Å². The molecule has 15 heavy (non-hydrogen) atoms. The minimum absolute atomic E-state index is 0. The molecule has 0 aromatic heterocycles. The molecule has 0 radical (unpaired) electrons. The number of ketones is 1. The average Bonchev–Trinajstić information content (AvgIpc) is 2.14. The zero-order valence-corrected chi connectivity index (χ0v) is 10.4. The van der Waals surface area contributed by atoms with Crippen molar-refractivity contribution in [1.29, 1.82) is 0 Å². The van der Waals surface area contributed by atoms with Gasteiger partial charge in [-0.05, 0) is 12.1 Å². The highest BCUT2D eigenvalue weighted by atomic mass is 35.5. The molecule has 0 atom stereocenters. The molecule has 1 aromatic carbocycles. The van der Waals surface area contributed by atoms with E-state index in [1.807, 2.05) is 14.1 Å². The summed E-state index contributed by atoms with van der Waals surface area (Å²) in [6.07, 6.45) is 0.572. The molecule has 0 aliphatic carbocycles. The molecule has 0 saturated carbocycles. The number of rotatable bonds is 4. The van der Waals surface area contributed by atoms with Crippen LogP contribution in [0, 0.1) is 0 Å². The van der Waals surface area contributed by atoms with Crippen molar-refractivity contribution in [3.8, 4) is 0 Å². The first-order valence-electron chi connectivity index (χ1n) is 4.67. The topological polar surface area (TPSA) is 21.5 Å². The molecular formula is C11H15Cl2NO. The smallest absolute Gasteiger partial charge is 0.168 e. The van der Waals surface area contributed by atoms with Crippen LogP contribution in [-0.2, 0) is 0 Å². The highest BCUT2D eigenvalue weighted by Gasteiger charge is 2.07. The fraction of sp³-hybridized carbons (Fsp3) is 0.364. The number of benzene rings is 1. The van der Waals surface area contributed by atoms with Crippen LogP contribution >= 0.6 is 11.6 Å². The Hall–Kier alpha value is -0.570. The van der Waals surface area contributed by atoms with Crippen molar-refractivity contribution in [2.75, 3.05) is 20.6 Å². The van der Waals surface area contributed by atoms with Crippen LogP contribution in [0.15, 0.2) is 24.3 Å². The summed E-state index contributed by atoms with van der Waals surface area (Å²) in [6.45, 7) is 0.853. The molecule has 0 amide bonds. The first kappa shape index (κ1) is 14.4. The number of carbonyl (C=O) groups excluding carboxylic acids is 1. The van der Waals surface area contributed by atoms with Crippen LogP contribution in [-0.4, -0.2) is 26.4 Å². The van der Waals surface area contributed by atoms with E-state index in [1.165, 1.54) is 4.90 Å². The second-order valence-corrected chi connectivity index (χ2v) is 4.08. The van der Waals surface area contributed by atoms with Gasteiger partial charge in [0.1, 0.15) is 0 Å². The van der Waals surface area contributed by atoms with Crippen LogP contribution in [0.1, 0.15) is 16.8 Å². The van der Waals surface area contributed by atoms with Crippen molar-refractivity contribution in [3.63, 3.8) is 0 Å². The fourth-order valence-corrected chi connectivity index (χ4v) is 1.36. The Morgan fingerprint density at radius 2 is 2.07 bits per heavy atom. The van der Waals surface area contributed by atoms with E-state index in [4.69, 9.17) is 11.6 Å². The first-order chi connectivity index (χ1) is 6.59. The molecule has 84 valence electrons. The van der Waals surface area contributed by atoms with Gasteiger partial charge in [-0.3, -0.25) is 4.79 Å². The normalized spacial score (nSPS) is 9.87. The van der Waals surface area contributed by atoms with E-state index >= 15 is 0 Å². The molecular weight excluding hydrogens is 233 g/mol. The Labute approximate surface area is 102 Å². The van der Waals surface area contributed by atoms with Gasteiger partial charge >= 0.3 is 0 Å². The van der Waals surface area contributed by atoms with Crippen molar-refractivity contribution in [2.24, 2.45) is 0 Å². The van der Waals surface area contributed by atoms with Gasteiger partial charge in [0, 0.05) is 10.6 Å². The monoisotopic (exact) mass is 247 g/mol. The maximum atomic E-state index is 11.6. The second kappa shape index (κ2) is 6.83. The van der Waals surface area contributed by atoms with Gasteiger partial charge in [-0.25, -0.2) is 0 Å². The number of hydrogen-bond donors (Lipinski definition) is 1. The Balaban J connectivity index is 0.00000196. The van der Waals surface area contributed by atoms with Crippen LogP contribution < -0.4 is 17.3 Å². The van der Waals surface area contributed by atoms with Gasteiger partial charge in [0.15, 0.2) is 5.78 Å². The van der Waals surface area contributed by atoms with Crippen LogP contribution in [0.2, 0.25) is 5.02 Å². The maximum absolute atomic E-state index is 11.6. The van der Waals surface area contributed by atoms with Gasteiger partial charge in [0.05, 0.1) is 27.1 Å². The van der Waals surface area contributed by atoms with E-state index in [9.17, 15) is 4.79 Å². The van der Waals surface area contributed by atoms with Crippen LogP contribution in [0.3, 0.4) is 0 Å². The molecule has 0 aliphatic heterocycles. The van der Waals surface area contributed by atoms with E-state index in [-0.39, 0.29) is 18.2 Å². The minimum Gasteiger partial charge on any atom is -1.00 e. The number of Topliss-reactive ketones (excluding diaryl/α,β-unsaturated/α-hetero) is 1. The van der Waals surface area contributed by atoms with E-state index in [2.05, 4.69) is 0 Å². The van der Waals surface area contributed by atoms with Gasteiger partial charge in [0.25, 0.3) is 0 Å². The Morgan fingerprint density at radius 1 is 1.40 bits per heavy atom. The quantitative estimate of drug-likeness (QED) is 0.615. The summed E-state index contributed by atoms with van der Waals surface area (Å²) in [5.74, 6) is 0.161. The third-order valence-electron chi connectivity index (χ3n) is 2.00. The lowest BCUT2D eigenvalue weighted by Crippen LogP contribution is -3.05. The van der Waals surface area contributed by atoms with Crippen molar-refractivity contribution < 1.29 is 22.1 Å². The van der Waals surface area contributed by atoms with Gasteiger partial charge in [-0.2, -0.15) is 0 Å².